The van der Waals surface area contributed by atoms with Crippen LogP contribution in [0.2, 0.25) is 0 Å². The van der Waals surface area contributed by atoms with Gasteiger partial charge in [0.25, 0.3) is 0 Å². The first-order chi connectivity index (χ1) is 9.56. The molecule has 1 aromatic rings. The molecule has 3 rings (SSSR count). The fraction of sp³-hybridized carbons (Fsp3) is 0.562. The summed E-state index contributed by atoms with van der Waals surface area (Å²) in [6.07, 6.45) is 3.74. The smallest absolute Gasteiger partial charge is 0.153 e. The molecule has 3 atom stereocenters. The fourth-order valence-corrected chi connectivity index (χ4v) is 3.32. The van der Waals surface area contributed by atoms with Crippen molar-refractivity contribution in [3.8, 4) is 5.75 Å². The van der Waals surface area contributed by atoms with E-state index in [0.29, 0.717) is 12.1 Å². The average Bonchev–Trinajstić information content (AvgIpc) is 2.39. The summed E-state index contributed by atoms with van der Waals surface area (Å²) < 4.78 is 6.02. The molecule has 1 saturated heterocycles. The van der Waals surface area contributed by atoms with Crippen molar-refractivity contribution in [2.45, 2.75) is 58.2 Å². The number of piperidine rings is 1. The summed E-state index contributed by atoms with van der Waals surface area (Å²) in [4.78, 5) is 7.28. The Labute approximate surface area is 120 Å². The van der Waals surface area contributed by atoms with Crippen LogP contribution < -0.4 is 10.5 Å². The van der Waals surface area contributed by atoms with Gasteiger partial charge in [-0.05, 0) is 58.2 Å². The van der Waals surface area contributed by atoms with Crippen molar-refractivity contribution in [2.75, 3.05) is 5.73 Å². The van der Waals surface area contributed by atoms with Crippen molar-refractivity contribution in [3.05, 3.63) is 18.2 Å². The highest BCUT2D eigenvalue weighted by molar-refractivity contribution is 5.92. The van der Waals surface area contributed by atoms with E-state index < -0.39 is 0 Å². The van der Waals surface area contributed by atoms with E-state index >= 15 is 0 Å². The third kappa shape index (κ3) is 2.23. The van der Waals surface area contributed by atoms with Crippen LogP contribution in [0.5, 0.6) is 5.75 Å². The van der Waals surface area contributed by atoms with Gasteiger partial charge in [0.2, 0.25) is 0 Å². The van der Waals surface area contributed by atoms with Crippen molar-refractivity contribution in [1.29, 1.82) is 0 Å². The minimum absolute atomic E-state index is 0.00544. The Morgan fingerprint density at radius 2 is 1.90 bits per heavy atom. The second-order valence-corrected chi connectivity index (χ2v) is 5.99. The summed E-state index contributed by atoms with van der Waals surface area (Å²) in [5, 5.41) is 0. The first kappa shape index (κ1) is 13.3. The minimum Gasteiger partial charge on any atom is -0.481 e. The number of nitrogens with two attached hydrogens (primary N) is 1. The van der Waals surface area contributed by atoms with Gasteiger partial charge in [-0.3, -0.25) is 0 Å². The molecule has 20 heavy (non-hydrogen) atoms. The molecule has 4 heteroatoms. The van der Waals surface area contributed by atoms with Crippen LogP contribution in [0.4, 0.5) is 11.4 Å². The van der Waals surface area contributed by atoms with Crippen LogP contribution in [0.1, 0.15) is 40.0 Å². The molecule has 2 heterocycles. The maximum Gasteiger partial charge on any atom is 0.153 e. The molecule has 2 N–H and O–H groups in total. The van der Waals surface area contributed by atoms with Crippen LogP contribution in [0, 0.1) is 0 Å². The van der Waals surface area contributed by atoms with E-state index in [1.165, 1.54) is 19.3 Å². The lowest BCUT2D eigenvalue weighted by Crippen LogP contribution is -2.52. The maximum absolute atomic E-state index is 6.02. The van der Waals surface area contributed by atoms with Crippen molar-refractivity contribution in [2.24, 2.45) is 4.99 Å². The van der Waals surface area contributed by atoms with Crippen LogP contribution >= 0.6 is 0 Å². The number of amidine groups is 1. The molecule has 0 radical (unpaired) electrons. The second kappa shape index (κ2) is 5.00. The molecular formula is C16H23N3O. The molecule has 0 bridgehead atoms. The van der Waals surface area contributed by atoms with Crippen LogP contribution in [-0.4, -0.2) is 28.9 Å². The molecule has 3 unspecified atom stereocenters. The van der Waals surface area contributed by atoms with Gasteiger partial charge in [-0.1, -0.05) is 0 Å². The Hall–Kier alpha value is -1.71. The minimum atomic E-state index is -0.00544. The number of nitrogen functional groups attached to an aromatic ring is 1. The molecule has 1 fully saturated rings. The SMILES string of the molecule is CC1Oc2ccc(N)cc2N=C1N1C(C)CCCC1C. The summed E-state index contributed by atoms with van der Waals surface area (Å²) in [5.74, 6) is 1.87. The van der Waals surface area contributed by atoms with Gasteiger partial charge >= 0.3 is 0 Å². The zero-order valence-corrected chi connectivity index (χ0v) is 12.5. The summed E-state index contributed by atoms with van der Waals surface area (Å²) in [5.41, 5.74) is 7.43. The predicted molar refractivity (Wildman–Crippen MR) is 82.7 cm³/mol. The highest BCUT2D eigenvalue weighted by Crippen LogP contribution is 2.36. The monoisotopic (exact) mass is 273 g/mol. The van der Waals surface area contributed by atoms with E-state index in [9.17, 15) is 0 Å². The van der Waals surface area contributed by atoms with Gasteiger partial charge in [0.05, 0.1) is 0 Å². The zero-order valence-electron chi connectivity index (χ0n) is 12.5. The summed E-state index contributed by atoms with van der Waals surface area (Å²) >= 11 is 0. The molecule has 0 spiro atoms. The van der Waals surface area contributed by atoms with Crippen molar-refractivity contribution in [3.63, 3.8) is 0 Å². The van der Waals surface area contributed by atoms with E-state index in [0.717, 1.165) is 23.0 Å². The number of likely N-dealkylation sites (tertiary alicyclic amines) is 1. The number of rotatable bonds is 0. The number of ether oxygens (including phenoxy) is 1. The van der Waals surface area contributed by atoms with E-state index in [1.807, 2.05) is 18.2 Å². The fourth-order valence-electron chi connectivity index (χ4n) is 3.32. The first-order valence-electron chi connectivity index (χ1n) is 7.49. The van der Waals surface area contributed by atoms with E-state index in [-0.39, 0.29) is 6.10 Å². The van der Waals surface area contributed by atoms with E-state index in [1.54, 1.807) is 0 Å². The Bertz CT molecular complexity index is 531. The zero-order chi connectivity index (χ0) is 14.3. The third-order valence-electron chi connectivity index (χ3n) is 4.34. The highest BCUT2D eigenvalue weighted by Gasteiger charge is 2.33. The Kier molecular flexibility index (Phi) is 3.32. The third-order valence-corrected chi connectivity index (χ3v) is 4.34. The quantitative estimate of drug-likeness (QED) is 0.738. The van der Waals surface area contributed by atoms with E-state index in [2.05, 4.69) is 25.7 Å². The van der Waals surface area contributed by atoms with Crippen molar-refractivity contribution in [1.82, 2.24) is 4.90 Å². The average molecular weight is 273 g/mol. The number of benzene rings is 1. The van der Waals surface area contributed by atoms with Crippen molar-refractivity contribution >= 4 is 17.2 Å². The number of hydrogen-bond donors (Lipinski definition) is 1. The Balaban J connectivity index is 1.99. The highest BCUT2D eigenvalue weighted by atomic mass is 16.5. The lowest BCUT2D eigenvalue weighted by molar-refractivity contribution is 0.163. The lowest BCUT2D eigenvalue weighted by atomic mass is 9.96. The summed E-state index contributed by atoms with van der Waals surface area (Å²) in [7, 11) is 0. The predicted octanol–water partition coefficient (Wildman–Crippen LogP) is 3.34. The number of fused-ring (bicyclic) bond motifs is 1. The molecule has 0 saturated carbocycles. The summed E-state index contributed by atoms with van der Waals surface area (Å²) in [6.45, 7) is 6.63. The van der Waals surface area contributed by atoms with Crippen molar-refractivity contribution < 1.29 is 4.74 Å². The molecule has 2 aliphatic rings. The van der Waals surface area contributed by atoms with E-state index in [4.69, 9.17) is 15.5 Å². The molecule has 0 amide bonds. The molecule has 4 nitrogen and oxygen atoms in total. The number of nitrogens with zero attached hydrogens (tertiary/aromatic N) is 2. The van der Waals surface area contributed by atoms with Gasteiger partial charge in [0.15, 0.2) is 6.10 Å². The topological polar surface area (TPSA) is 50.9 Å². The van der Waals surface area contributed by atoms with Crippen LogP contribution in [0.3, 0.4) is 0 Å². The Morgan fingerprint density at radius 3 is 2.60 bits per heavy atom. The first-order valence-corrected chi connectivity index (χ1v) is 7.49. The van der Waals surface area contributed by atoms with Crippen LogP contribution in [-0.2, 0) is 0 Å². The van der Waals surface area contributed by atoms with Gasteiger partial charge in [-0.2, -0.15) is 0 Å². The Morgan fingerprint density at radius 1 is 1.20 bits per heavy atom. The molecule has 1 aromatic carbocycles. The normalized spacial score (nSPS) is 29.4. The summed E-state index contributed by atoms with van der Waals surface area (Å²) in [6, 6.07) is 6.70. The second-order valence-electron chi connectivity index (χ2n) is 5.99. The molecule has 2 aliphatic heterocycles. The van der Waals surface area contributed by atoms with Gasteiger partial charge in [-0.25, -0.2) is 4.99 Å². The van der Waals surface area contributed by atoms with Gasteiger partial charge in [-0.15, -0.1) is 0 Å². The maximum atomic E-state index is 6.02. The number of aliphatic imine (C=N–C) groups is 1. The number of hydrogen-bond acceptors (Lipinski definition) is 4. The number of anilines is 1. The molecule has 108 valence electrons. The lowest BCUT2D eigenvalue weighted by Gasteiger charge is -2.43. The van der Waals surface area contributed by atoms with Gasteiger partial charge in [0.1, 0.15) is 17.3 Å². The molecule has 0 aliphatic carbocycles. The molecule has 0 aromatic heterocycles. The van der Waals surface area contributed by atoms with Gasteiger partial charge < -0.3 is 15.4 Å². The largest absolute Gasteiger partial charge is 0.481 e. The molecular weight excluding hydrogens is 250 g/mol. The van der Waals surface area contributed by atoms with Crippen LogP contribution in [0.25, 0.3) is 0 Å². The van der Waals surface area contributed by atoms with Crippen LogP contribution in [0.15, 0.2) is 23.2 Å². The van der Waals surface area contributed by atoms with Gasteiger partial charge in [0, 0.05) is 17.8 Å². The standard InChI is InChI=1S/C16H23N3O/c1-10-5-4-6-11(2)19(10)16-12(3)20-15-8-7-13(17)9-14(15)18-16/h7-12H,4-6,17H2,1-3H3.